The van der Waals surface area contributed by atoms with E-state index in [1.54, 1.807) is 12.1 Å². The molecular weight excluding hydrogens is 308 g/mol. The number of morpholine rings is 1. The van der Waals surface area contributed by atoms with Gasteiger partial charge in [-0.2, -0.15) is 0 Å². The molecule has 0 bridgehead atoms. The van der Waals surface area contributed by atoms with Crippen molar-refractivity contribution >= 4 is 22.3 Å². The minimum absolute atomic E-state index is 0.0967. The highest BCUT2D eigenvalue weighted by Gasteiger charge is 2.39. The first-order chi connectivity index (χ1) is 11.5. The van der Waals surface area contributed by atoms with Crippen molar-refractivity contribution in [2.45, 2.75) is 19.1 Å². The van der Waals surface area contributed by atoms with Gasteiger partial charge in [0.1, 0.15) is 0 Å². The third-order valence-corrected chi connectivity index (χ3v) is 5.03. The summed E-state index contributed by atoms with van der Waals surface area (Å²) in [5, 5.41) is 12.0. The third kappa shape index (κ3) is 2.50. The summed E-state index contributed by atoms with van der Waals surface area (Å²) in [7, 11) is 2.13. The Morgan fingerprint density at radius 2 is 2.17 bits per heavy atom. The second kappa shape index (κ2) is 5.68. The van der Waals surface area contributed by atoms with Gasteiger partial charge in [0, 0.05) is 48.5 Å². The highest BCUT2D eigenvalue weighted by atomic mass is 16.6. The summed E-state index contributed by atoms with van der Waals surface area (Å²) in [5.41, 5.74) is 2.81. The number of non-ortho nitro benzene ring substituents is 1. The van der Waals surface area contributed by atoms with Crippen molar-refractivity contribution < 1.29 is 9.66 Å². The number of hydrogen-bond donors (Lipinski definition) is 0. The van der Waals surface area contributed by atoms with Crippen LogP contribution in [0.3, 0.4) is 0 Å². The van der Waals surface area contributed by atoms with Crippen LogP contribution in [0.25, 0.3) is 10.9 Å². The maximum absolute atomic E-state index is 11.1. The number of nitrogens with zero attached hydrogens (tertiary/aromatic N) is 4. The Labute approximate surface area is 140 Å². The zero-order valence-corrected chi connectivity index (χ0v) is 13.8. The number of rotatable bonds is 2. The molecule has 7 nitrogen and oxygen atoms in total. The van der Waals surface area contributed by atoms with Crippen molar-refractivity contribution in [1.29, 1.82) is 0 Å². The molecule has 2 atom stereocenters. The van der Waals surface area contributed by atoms with Crippen LogP contribution in [0.15, 0.2) is 24.3 Å². The lowest BCUT2D eigenvalue weighted by Gasteiger charge is -2.33. The average Bonchev–Trinajstić information content (AvgIpc) is 2.99. The number of pyridine rings is 1. The van der Waals surface area contributed by atoms with Crippen LogP contribution in [0.5, 0.6) is 0 Å². The number of nitro benzene ring substituents is 1. The number of aromatic nitrogens is 1. The summed E-state index contributed by atoms with van der Waals surface area (Å²) < 4.78 is 5.92. The lowest BCUT2D eigenvalue weighted by molar-refractivity contribution is -0.384. The average molecular weight is 328 g/mol. The first kappa shape index (κ1) is 15.3. The molecule has 126 valence electrons. The van der Waals surface area contributed by atoms with Crippen LogP contribution < -0.4 is 4.90 Å². The minimum Gasteiger partial charge on any atom is -0.373 e. The molecule has 2 saturated heterocycles. The standard InChI is InChI=1S/C17H20N4O3/c1-11-7-15(13-8-12(21(22)23)3-4-14(13)18-11)20-9-16-17(10-20)24-6-5-19(16)2/h3-4,7-8,16-17H,5-6,9-10H2,1-2H3/t16-,17+/m0/s1. The summed E-state index contributed by atoms with van der Waals surface area (Å²) in [5.74, 6) is 0. The molecule has 0 aliphatic carbocycles. The summed E-state index contributed by atoms with van der Waals surface area (Å²) in [6.45, 7) is 5.32. The van der Waals surface area contributed by atoms with Gasteiger partial charge in [0.15, 0.2) is 0 Å². The van der Waals surface area contributed by atoms with E-state index in [0.717, 1.165) is 48.5 Å². The van der Waals surface area contributed by atoms with Gasteiger partial charge in [-0.3, -0.25) is 20.0 Å². The van der Waals surface area contributed by atoms with Gasteiger partial charge in [-0.05, 0) is 26.1 Å². The van der Waals surface area contributed by atoms with Crippen LogP contribution in [0.1, 0.15) is 5.69 Å². The van der Waals surface area contributed by atoms with Crippen molar-refractivity contribution in [2.75, 3.05) is 38.2 Å². The molecule has 4 rings (SSSR count). The van der Waals surface area contributed by atoms with Gasteiger partial charge < -0.3 is 9.64 Å². The lowest BCUT2D eigenvalue weighted by atomic mass is 10.1. The third-order valence-electron chi connectivity index (χ3n) is 5.03. The minimum atomic E-state index is -0.357. The molecule has 0 amide bonds. The molecule has 1 aromatic heterocycles. The fourth-order valence-corrected chi connectivity index (χ4v) is 3.75. The predicted octanol–water partition coefficient (Wildman–Crippen LogP) is 1.97. The molecule has 0 spiro atoms. The summed E-state index contributed by atoms with van der Waals surface area (Å²) in [6.07, 6.45) is 0.186. The van der Waals surface area contributed by atoms with E-state index in [4.69, 9.17) is 4.74 Å². The van der Waals surface area contributed by atoms with Crippen LogP contribution in [0, 0.1) is 17.0 Å². The quantitative estimate of drug-likeness (QED) is 0.620. The SMILES string of the molecule is Cc1cc(N2C[C@H]3OCCN(C)[C@H]3C2)c2cc([N+](=O)[O-])ccc2n1. The Kier molecular flexibility index (Phi) is 3.62. The normalized spacial score (nSPS) is 24.3. The topological polar surface area (TPSA) is 71.7 Å². The van der Waals surface area contributed by atoms with Crippen molar-refractivity contribution in [3.8, 4) is 0 Å². The number of aryl methyl sites for hydroxylation is 1. The van der Waals surface area contributed by atoms with E-state index in [9.17, 15) is 10.1 Å². The highest BCUT2D eigenvalue weighted by Crippen LogP contribution is 2.34. The first-order valence-corrected chi connectivity index (χ1v) is 8.15. The van der Waals surface area contributed by atoms with E-state index in [-0.39, 0.29) is 16.7 Å². The number of nitro groups is 1. The number of hydrogen-bond acceptors (Lipinski definition) is 6. The molecule has 0 saturated carbocycles. The van der Waals surface area contributed by atoms with Gasteiger partial charge in [-0.1, -0.05) is 0 Å². The Bertz CT molecular complexity index is 810. The second-order valence-electron chi connectivity index (χ2n) is 6.60. The largest absolute Gasteiger partial charge is 0.373 e. The maximum atomic E-state index is 11.1. The maximum Gasteiger partial charge on any atom is 0.270 e. The molecule has 3 heterocycles. The smallest absolute Gasteiger partial charge is 0.270 e. The van der Waals surface area contributed by atoms with Crippen molar-refractivity contribution in [2.24, 2.45) is 0 Å². The fourth-order valence-electron chi connectivity index (χ4n) is 3.75. The predicted molar refractivity (Wildman–Crippen MR) is 91.5 cm³/mol. The van der Waals surface area contributed by atoms with E-state index in [1.165, 1.54) is 6.07 Å². The van der Waals surface area contributed by atoms with E-state index < -0.39 is 0 Å². The number of benzene rings is 1. The molecule has 7 heteroatoms. The van der Waals surface area contributed by atoms with Crippen LogP contribution in [-0.2, 0) is 4.74 Å². The summed E-state index contributed by atoms with van der Waals surface area (Å²) in [4.78, 5) is 19.9. The van der Waals surface area contributed by atoms with Gasteiger partial charge in [0.25, 0.3) is 5.69 Å². The van der Waals surface area contributed by atoms with Crippen molar-refractivity contribution in [3.63, 3.8) is 0 Å². The Hall–Kier alpha value is -2.25. The second-order valence-corrected chi connectivity index (χ2v) is 6.60. The van der Waals surface area contributed by atoms with Gasteiger partial charge in [0.05, 0.1) is 29.2 Å². The molecule has 2 aliphatic rings. The number of ether oxygens (including phenoxy) is 1. The van der Waals surface area contributed by atoms with Gasteiger partial charge >= 0.3 is 0 Å². The highest BCUT2D eigenvalue weighted by molar-refractivity contribution is 5.93. The Morgan fingerprint density at radius 1 is 1.33 bits per heavy atom. The molecular formula is C17H20N4O3. The van der Waals surface area contributed by atoms with Crippen LogP contribution in [0.4, 0.5) is 11.4 Å². The molecule has 0 N–H and O–H groups in total. The first-order valence-electron chi connectivity index (χ1n) is 8.15. The molecule has 2 aliphatic heterocycles. The number of fused-ring (bicyclic) bond motifs is 2. The Balaban J connectivity index is 1.78. The van der Waals surface area contributed by atoms with Crippen molar-refractivity contribution in [3.05, 3.63) is 40.1 Å². The van der Waals surface area contributed by atoms with Crippen LogP contribution >= 0.6 is 0 Å². The molecule has 2 fully saturated rings. The zero-order chi connectivity index (χ0) is 16.8. The number of likely N-dealkylation sites (N-methyl/N-ethyl adjacent to an activating group) is 1. The van der Waals surface area contributed by atoms with Gasteiger partial charge in [-0.25, -0.2) is 0 Å². The molecule has 24 heavy (non-hydrogen) atoms. The fraction of sp³-hybridized carbons (Fsp3) is 0.471. The monoisotopic (exact) mass is 328 g/mol. The number of anilines is 1. The van der Waals surface area contributed by atoms with Crippen molar-refractivity contribution in [1.82, 2.24) is 9.88 Å². The molecule has 0 unspecified atom stereocenters. The van der Waals surface area contributed by atoms with E-state index in [0.29, 0.717) is 6.04 Å². The summed E-state index contributed by atoms with van der Waals surface area (Å²) >= 11 is 0. The van der Waals surface area contributed by atoms with E-state index in [2.05, 4.69) is 21.8 Å². The zero-order valence-electron chi connectivity index (χ0n) is 13.8. The molecule has 1 aromatic carbocycles. The summed E-state index contributed by atoms with van der Waals surface area (Å²) in [6, 6.07) is 7.25. The molecule has 2 aromatic rings. The Morgan fingerprint density at radius 3 is 2.92 bits per heavy atom. The lowest BCUT2D eigenvalue weighted by Crippen LogP contribution is -2.48. The van der Waals surface area contributed by atoms with E-state index >= 15 is 0 Å². The van der Waals surface area contributed by atoms with E-state index in [1.807, 2.05) is 13.0 Å². The molecule has 0 radical (unpaired) electrons. The van der Waals surface area contributed by atoms with Crippen LogP contribution in [0.2, 0.25) is 0 Å². The van der Waals surface area contributed by atoms with Gasteiger partial charge in [-0.15, -0.1) is 0 Å². The van der Waals surface area contributed by atoms with Gasteiger partial charge in [0.2, 0.25) is 0 Å². The van der Waals surface area contributed by atoms with Crippen LogP contribution in [-0.4, -0.2) is 60.2 Å².